The van der Waals surface area contributed by atoms with E-state index in [1.54, 1.807) is 6.07 Å². The van der Waals surface area contributed by atoms with E-state index >= 15 is 0 Å². The average Bonchev–Trinajstić information content (AvgIpc) is 2.72. The van der Waals surface area contributed by atoms with Crippen LogP contribution in [0.15, 0.2) is 66.7 Å². The highest BCUT2D eigenvalue weighted by Gasteiger charge is 2.15. The Hall–Kier alpha value is -2.23. The van der Waals surface area contributed by atoms with Gasteiger partial charge in [0, 0.05) is 37.9 Å². The molecule has 0 saturated carbocycles. The minimum absolute atomic E-state index is 0.411. The van der Waals surface area contributed by atoms with E-state index in [2.05, 4.69) is 34.1 Å². The highest BCUT2D eigenvalue weighted by Crippen LogP contribution is 2.14. The third-order valence-corrected chi connectivity index (χ3v) is 4.44. The van der Waals surface area contributed by atoms with Crippen LogP contribution in [0.2, 0.25) is 5.15 Å². The van der Waals surface area contributed by atoms with Crippen LogP contribution in [0.25, 0.3) is 10.9 Å². The second-order valence-electron chi connectivity index (χ2n) is 6.13. The van der Waals surface area contributed by atoms with Crippen LogP contribution in [-0.4, -0.2) is 28.8 Å². The van der Waals surface area contributed by atoms with Crippen molar-refractivity contribution in [3.63, 3.8) is 0 Å². The molecule has 1 aromatic heterocycles. The third kappa shape index (κ3) is 7.12. The molecule has 3 aromatic rings. The molecule has 2 heterocycles. The summed E-state index contributed by atoms with van der Waals surface area (Å²) >= 11 is 5.71. The van der Waals surface area contributed by atoms with Gasteiger partial charge in [-0.1, -0.05) is 74.0 Å². The van der Waals surface area contributed by atoms with E-state index in [1.165, 1.54) is 5.56 Å². The molecular formula is C23H27ClN2O. The number of hydrogen-bond donors (Lipinski definition) is 0. The molecule has 0 radical (unpaired) electrons. The van der Waals surface area contributed by atoms with Crippen molar-refractivity contribution < 1.29 is 4.79 Å². The topological polar surface area (TPSA) is 33.2 Å². The summed E-state index contributed by atoms with van der Waals surface area (Å²) in [6.07, 6.45) is 1.46. The molecule has 1 aliphatic heterocycles. The summed E-state index contributed by atoms with van der Waals surface area (Å²) < 4.78 is 0. The van der Waals surface area contributed by atoms with Crippen molar-refractivity contribution in [1.82, 2.24) is 9.88 Å². The Morgan fingerprint density at radius 1 is 0.889 bits per heavy atom. The van der Waals surface area contributed by atoms with E-state index in [0.29, 0.717) is 10.9 Å². The van der Waals surface area contributed by atoms with Crippen LogP contribution in [-0.2, 0) is 11.3 Å². The first-order valence-corrected chi connectivity index (χ1v) is 9.88. The fourth-order valence-corrected chi connectivity index (χ4v) is 3.00. The second-order valence-corrected chi connectivity index (χ2v) is 6.51. The minimum Gasteiger partial charge on any atom is -0.300 e. The van der Waals surface area contributed by atoms with Crippen molar-refractivity contribution in [3.8, 4) is 0 Å². The monoisotopic (exact) mass is 382 g/mol. The molecule has 4 rings (SSSR count). The molecule has 0 aliphatic carbocycles. The molecule has 0 bridgehead atoms. The number of halogens is 1. The van der Waals surface area contributed by atoms with Gasteiger partial charge in [0.05, 0.1) is 5.52 Å². The number of likely N-dealkylation sites (tertiary alicyclic amines) is 1. The predicted octanol–water partition coefficient (Wildman–Crippen LogP) is 5.77. The van der Waals surface area contributed by atoms with E-state index in [9.17, 15) is 4.79 Å². The number of piperidine rings is 1. The number of pyridine rings is 1. The number of para-hydroxylation sites is 1. The quantitative estimate of drug-likeness (QED) is 0.528. The largest absolute Gasteiger partial charge is 0.300 e. The molecule has 1 fully saturated rings. The standard InChI is InChI=1S/C12H15NO.C9H6ClN.C2H6/c14-12-6-8-13(9-7-12)10-11-4-2-1-3-5-11;10-9-6-5-7-3-1-2-4-8(7)11-9;1-2/h1-5H,6-10H2;1-6H;1-2H3. The summed E-state index contributed by atoms with van der Waals surface area (Å²) in [4.78, 5) is 17.5. The number of carbonyl (C=O) groups excluding carboxylic acids is 1. The maximum atomic E-state index is 11.0. The number of carbonyl (C=O) groups is 1. The lowest BCUT2D eigenvalue weighted by molar-refractivity contribution is -0.121. The van der Waals surface area contributed by atoms with Gasteiger partial charge in [0.25, 0.3) is 0 Å². The van der Waals surface area contributed by atoms with E-state index in [0.717, 1.165) is 43.4 Å². The number of aromatic nitrogens is 1. The van der Waals surface area contributed by atoms with Gasteiger partial charge in [-0.3, -0.25) is 9.69 Å². The van der Waals surface area contributed by atoms with Crippen LogP contribution in [0.3, 0.4) is 0 Å². The van der Waals surface area contributed by atoms with Gasteiger partial charge in [-0.15, -0.1) is 0 Å². The Labute approximate surface area is 167 Å². The van der Waals surface area contributed by atoms with Crippen molar-refractivity contribution in [2.75, 3.05) is 13.1 Å². The van der Waals surface area contributed by atoms with Crippen LogP contribution in [0.4, 0.5) is 0 Å². The molecule has 3 nitrogen and oxygen atoms in total. The first-order valence-electron chi connectivity index (χ1n) is 9.50. The molecule has 0 unspecified atom stereocenters. The highest BCUT2D eigenvalue weighted by atomic mass is 35.5. The number of Topliss-reactive ketones (excluding diaryl/α,β-unsaturated/α-hetero) is 1. The van der Waals surface area contributed by atoms with Gasteiger partial charge in [0.15, 0.2) is 0 Å². The Morgan fingerprint density at radius 2 is 1.52 bits per heavy atom. The predicted molar refractivity (Wildman–Crippen MR) is 114 cm³/mol. The van der Waals surface area contributed by atoms with Gasteiger partial charge in [-0.25, -0.2) is 4.98 Å². The lowest BCUT2D eigenvalue weighted by Gasteiger charge is -2.25. The molecule has 142 valence electrons. The fourth-order valence-electron chi connectivity index (χ4n) is 2.84. The zero-order valence-corrected chi connectivity index (χ0v) is 16.8. The zero-order chi connectivity index (χ0) is 19.5. The van der Waals surface area contributed by atoms with Crippen molar-refractivity contribution in [2.24, 2.45) is 0 Å². The van der Waals surface area contributed by atoms with E-state index < -0.39 is 0 Å². The Bertz CT molecular complexity index is 826. The van der Waals surface area contributed by atoms with Crippen LogP contribution in [0.1, 0.15) is 32.3 Å². The summed E-state index contributed by atoms with van der Waals surface area (Å²) in [5, 5.41) is 1.67. The third-order valence-electron chi connectivity index (χ3n) is 4.23. The first-order chi connectivity index (χ1) is 13.2. The summed E-state index contributed by atoms with van der Waals surface area (Å²) in [5.74, 6) is 0.411. The molecule has 4 heteroatoms. The lowest BCUT2D eigenvalue weighted by Crippen LogP contribution is -2.33. The van der Waals surface area contributed by atoms with Crippen LogP contribution in [0.5, 0.6) is 0 Å². The molecule has 0 amide bonds. The van der Waals surface area contributed by atoms with Crippen LogP contribution in [0, 0.1) is 0 Å². The number of rotatable bonds is 2. The number of ketones is 1. The summed E-state index contributed by atoms with van der Waals surface area (Å²) in [7, 11) is 0. The zero-order valence-electron chi connectivity index (χ0n) is 16.1. The summed E-state index contributed by atoms with van der Waals surface area (Å²) in [5.41, 5.74) is 2.28. The van der Waals surface area contributed by atoms with Crippen molar-refractivity contribution >= 4 is 28.3 Å². The number of benzene rings is 2. The molecule has 1 saturated heterocycles. The molecular weight excluding hydrogens is 356 g/mol. The lowest BCUT2D eigenvalue weighted by atomic mass is 10.1. The number of nitrogens with zero attached hydrogens (tertiary/aromatic N) is 2. The van der Waals surface area contributed by atoms with Gasteiger partial charge >= 0.3 is 0 Å². The average molecular weight is 383 g/mol. The van der Waals surface area contributed by atoms with Gasteiger partial charge in [0.2, 0.25) is 0 Å². The van der Waals surface area contributed by atoms with E-state index in [4.69, 9.17) is 11.6 Å². The summed E-state index contributed by atoms with van der Waals surface area (Å²) in [6, 6.07) is 22.1. The molecule has 0 N–H and O–H groups in total. The molecule has 1 aliphatic rings. The normalized spacial score (nSPS) is 14.0. The SMILES string of the molecule is CC.Clc1ccc2ccccc2n1.O=C1CCN(Cc2ccccc2)CC1. The van der Waals surface area contributed by atoms with Crippen molar-refractivity contribution in [1.29, 1.82) is 0 Å². The van der Waals surface area contributed by atoms with Crippen LogP contribution >= 0.6 is 11.6 Å². The first kappa shape index (κ1) is 21.1. The maximum Gasteiger partial charge on any atom is 0.135 e. The minimum atomic E-state index is 0.411. The molecule has 0 spiro atoms. The van der Waals surface area contributed by atoms with Gasteiger partial charge < -0.3 is 0 Å². The van der Waals surface area contributed by atoms with Gasteiger partial charge in [-0.05, 0) is 23.8 Å². The maximum absolute atomic E-state index is 11.0. The van der Waals surface area contributed by atoms with Crippen molar-refractivity contribution in [2.45, 2.75) is 33.2 Å². The molecule has 0 atom stereocenters. The Kier molecular flexibility index (Phi) is 8.96. The van der Waals surface area contributed by atoms with E-state index in [1.807, 2.05) is 50.2 Å². The van der Waals surface area contributed by atoms with Crippen LogP contribution < -0.4 is 0 Å². The van der Waals surface area contributed by atoms with Gasteiger partial charge in [-0.2, -0.15) is 0 Å². The van der Waals surface area contributed by atoms with Crippen molar-refractivity contribution in [3.05, 3.63) is 77.4 Å². The molecule has 2 aromatic carbocycles. The fraction of sp³-hybridized carbons (Fsp3) is 0.304. The highest BCUT2D eigenvalue weighted by molar-refractivity contribution is 6.29. The number of fused-ring (bicyclic) bond motifs is 1. The second kappa shape index (κ2) is 11.5. The van der Waals surface area contributed by atoms with Gasteiger partial charge in [0.1, 0.15) is 10.9 Å². The summed E-state index contributed by atoms with van der Waals surface area (Å²) in [6.45, 7) is 6.83. The Morgan fingerprint density at radius 3 is 2.22 bits per heavy atom. The molecule has 27 heavy (non-hydrogen) atoms. The smallest absolute Gasteiger partial charge is 0.135 e. The number of hydrogen-bond acceptors (Lipinski definition) is 3. The van der Waals surface area contributed by atoms with E-state index in [-0.39, 0.29) is 0 Å². The Balaban J connectivity index is 0.000000181.